The van der Waals surface area contributed by atoms with Gasteiger partial charge in [0.25, 0.3) is 0 Å². The normalized spacial score (nSPS) is 16.3. The average molecular weight is 517 g/mol. The molecule has 0 fully saturated rings. The molecule has 0 spiro atoms. The van der Waals surface area contributed by atoms with Crippen LogP contribution in [0.5, 0.6) is 0 Å². The zero-order chi connectivity index (χ0) is 19.9. The molecule has 1 unspecified atom stereocenters. The van der Waals surface area contributed by atoms with Crippen LogP contribution in [0.15, 0.2) is 4.99 Å². The van der Waals surface area contributed by atoms with Crippen molar-refractivity contribution in [3.63, 3.8) is 0 Å². The van der Waals surface area contributed by atoms with Gasteiger partial charge in [-0.2, -0.15) is 5.10 Å². The van der Waals surface area contributed by atoms with Crippen LogP contribution in [0.1, 0.15) is 43.1 Å². The Morgan fingerprint density at radius 2 is 2.14 bits per heavy atom. The van der Waals surface area contributed by atoms with Gasteiger partial charge in [0.1, 0.15) is 24.0 Å². The van der Waals surface area contributed by atoms with Crippen molar-refractivity contribution in [2.24, 2.45) is 12.0 Å². The molecule has 3 heterocycles. The number of aryl methyl sites for hydroxylation is 3. The minimum Gasteiger partial charge on any atom is -0.382 e. The van der Waals surface area contributed by atoms with Crippen molar-refractivity contribution in [3.05, 3.63) is 23.3 Å². The number of halogens is 1. The lowest BCUT2D eigenvalue weighted by atomic mass is 10.1. The molecule has 0 aromatic carbocycles. The first-order valence-corrected chi connectivity index (χ1v) is 9.94. The average Bonchev–Trinajstić information content (AvgIpc) is 3.20. The standard InChI is InChI=1S/C18H31N9O.HI/c1-5-28-10-6-9-19-18(20-11-17-24-23-14(3)26(17)4)22-15-7-8-16-21-13(2)25-27(16)12-15;/h15H,5-12H2,1-4H3,(H2,19,20,22);1H. The Hall–Kier alpha value is -1.76. The lowest BCUT2D eigenvalue weighted by Gasteiger charge is -2.25. The van der Waals surface area contributed by atoms with Gasteiger partial charge in [0.05, 0.1) is 6.54 Å². The Labute approximate surface area is 188 Å². The van der Waals surface area contributed by atoms with E-state index in [0.717, 1.165) is 74.8 Å². The summed E-state index contributed by atoms with van der Waals surface area (Å²) < 4.78 is 9.37. The highest BCUT2D eigenvalue weighted by Crippen LogP contribution is 2.12. The van der Waals surface area contributed by atoms with E-state index < -0.39 is 0 Å². The van der Waals surface area contributed by atoms with Crippen molar-refractivity contribution < 1.29 is 4.74 Å². The van der Waals surface area contributed by atoms with Gasteiger partial charge in [-0.15, -0.1) is 34.2 Å². The first-order chi connectivity index (χ1) is 13.6. The van der Waals surface area contributed by atoms with Crippen LogP contribution in [0.3, 0.4) is 0 Å². The topological polar surface area (TPSA) is 107 Å². The molecule has 1 aliphatic heterocycles. The molecule has 0 aliphatic carbocycles. The largest absolute Gasteiger partial charge is 0.382 e. The van der Waals surface area contributed by atoms with Crippen molar-refractivity contribution in [1.29, 1.82) is 0 Å². The van der Waals surface area contributed by atoms with Crippen LogP contribution in [0.4, 0.5) is 0 Å². The van der Waals surface area contributed by atoms with Crippen molar-refractivity contribution in [2.75, 3.05) is 19.8 Å². The van der Waals surface area contributed by atoms with Crippen molar-refractivity contribution >= 4 is 29.9 Å². The van der Waals surface area contributed by atoms with Gasteiger partial charge in [0, 0.05) is 39.3 Å². The van der Waals surface area contributed by atoms with E-state index in [4.69, 9.17) is 9.73 Å². The lowest BCUT2D eigenvalue weighted by molar-refractivity contribution is 0.145. The van der Waals surface area contributed by atoms with Crippen molar-refractivity contribution in [3.8, 4) is 0 Å². The van der Waals surface area contributed by atoms with Gasteiger partial charge in [0.15, 0.2) is 11.8 Å². The summed E-state index contributed by atoms with van der Waals surface area (Å²) in [6.45, 7) is 9.42. The maximum absolute atomic E-state index is 5.41. The number of aliphatic imine (C=N–C) groups is 1. The number of guanidine groups is 1. The van der Waals surface area contributed by atoms with Gasteiger partial charge < -0.3 is 19.9 Å². The Balaban J connectivity index is 0.00000300. The van der Waals surface area contributed by atoms with Gasteiger partial charge in [0.2, 0.25) is 0 Å². The highest BCUT2D eigenvalue weighted by molar-refractivity contribution is 14.0. The van der Waals surface area contributed by atoms with Crippen LogP contribution in [0, 0.1) is 13.8 Å². The zero-order valence-electron chi connectivity index (χ0n) is 17.7. The van der Waals surface area contributed by atoms with Crippen molar-refractivity contribution in [1.82, 2.24) is 40.2 Å². The number of aromatic nitrogens is 6. The zero-order valence-corrected chi connectivity index (χ0v) is 20.0. The highest BCUT2D eigenvalue weighted by Gasteiger charge is 2.21. The van der Waals surface area contributed by atoms with E-state index in [1.165, 1.54) is 0 Å². The number of hydrogen-bond donors (Lipinski definition) is 2. The summed E-state index contributed by atoms with van der Waals surface area (Å²) in [7, 11) is 1.96. The molecule has 0 saturated heterocycles. The molecule has 0 radical (unpaired) electrons. The first-order valence-electron chi connectivity index (χ1n) is 9.94. The second kappa shape index (κ2) is 11.4. The van der Waals surface area contributed by atoms with Crippen LogP contribution in [0.2, 0.25) is 0 Å². The molecule has 11 heteroatoms. The molecule has 2 aromatic heterocycles. The molecule has 2 N–H and O–H groups in total. The highest BCUT2D eigenvalue weighted by atomic mass is 127. The van der Waals surface area contributed by atoms with Crippen LogP contribution >= 0.6 is 24.0 Å². The number of hydrogen-bond acceptors (Lipinski definition) is 6. The van der Waals surface area contributed by atoms with Crippen LogP contribution in [-0.4, -0.2) is 61.3 Å². The maximum atomic E-state index is 5.41. The lowest BCUT2D eigenvalue weighted by Crippen LogP contribution is -2.47. The maximum Gasteiger partial charge on any atom is 0.191 e. The SMILES string of the molecule is CCOCCCNC(=NCc1nnc(C)n1C)NC1CCc2nc(C)nn2C1.I. The smallest absolute Gasteiger partial charge is 0.191 e. The molecule has 1 aliphatic rings. The van der Waals surface area contributed by atoms with Gasteiger partial charge in [-0.05, 0) is 33.6 Å². The summed E-state index contributed by atoms with van der Waals surface area (Å²) in [6, 6.07) is 0.257. The molecule has 162 valence electrons. The second-order valence-electron chi connectivity index (χ2n) is 7.00. The molecule has 3 rings (SSSR count). The number of ether oxygens (including phenoxy) is 1. The summed E-state index contributed by atoms with van der Waals surface area (Å²) in [4.78, 5) is 9.20. The van der Waals surface area contributed by atoms with Gasteiger partial charge in [-0.25, -0.2) is 14.7 Å². The van der Waals surface area contributed by atoms with Crippen LogP contribution in [-0.2, 0) is 31.3 Å². The summed E-state index contributed by atoms with van der Waals surface area (Å²) in [5.74, 6) is 4.39. The fourth-order valence-corrected chi connectivity index (χ4v) is 3.16. The summed E-state index contributed by atoms with van der Waals surface area (Å²) in [5, 5.41) is 19.7. The number of rotatable bonds is 8. The van der Waals surface area contributed by atoms with Gasteiger partial charge in [-0.1, -0.05) is 0 Å². The van der Waals surface area contributed by atoms with Crippen LogP contribution < -0.4 is 10.6 Å². The second-order valence-corrected chi connectivity index (χ2v) is 7.00. The predicted molar refractivity (Wildman–Crippen MR) is 121 cm³/mol. The third kappa shape index (κ3) is 6.63. The number of nitrogens with zero attached hydrogens (tertiary/aromatic N) is 7. The third-order valence-corrected chi connectivity index (χ3v) is 4.83. The quantitative estimate of drug-likeness (QED) is 0.234. The van der Waals surface area contributed by atoms with E-state index in [1.807, 2.05) is 37.1 Å². The third-order valence-electron chi connectivity index (χ3n) is 4.83. The molecule has 10 nitrogen and oxygen atoms in total. The van der Waals surface area contributed by atoms with E-state index in [0.29, 0.717) is 6.54 Å². The minimum absolute atomic E-state index is 0. The van der Waals surface area contributed by atoms with E-state index in [1.54, 1.807) is 0 Å². The van der Waals surface area contributed by atoms with Gasteiger partial charge >= 0.3 is 0 Å². The monoisotopic (exact) mass is 517 g/mol. The Bertz CT molecular complexity index is 801. The van der Waals surface area contributed by atoms with E-state index in [-0.39, 0.29) is 30.0 Å². The fourth-order valence-electron chi connectivity index (χ4n) is 3.16. The molecule has 0 amide bonds. The summed E-state index contributed by atoms with van der Waals surface area (Å²) in [6.07, 6.45) is 2.84. The van der Waals surface area contributed by atoms with Gasteiger partial charge in [-0.3, -0.25) is 0 Å². The summed E-state index contributed by atoms with van der Waals surface area (Å²) in [5.41, 5.74) is 0. The summed E-state index contributed by atoms with van der Waals surface area (Å²) >= 11 is 0. The van der Waals surface area contributed by atoms with Crippen molar-refractivity contribution in [2.45, 2.75) is 59.2 Å². The molecule has 0 bridgehead atoms. The Morgan fingerprint density at radius 3 is 2.86 bits per heavy atom. The molecular weight excluding hydrogens is 485 g/mol. The Morgan fingerprint density at radius 1 is 1.31 bits per heavy atom. The predicted octanol–water partition coefficient (Wildman–Crippen LogP) is 1.12. The molecule has 0 saturated carbocycles. The minimum atomic E-state index is 0. The van der Waals surface area contributed by atoms with Crippen LogP contribution in [0.25, 0.3) is 0 Å². The van der Waals surface area contributed by atoms with E-state index >= 15 is 0 Å². The molecule has 1 atom stereocenters. The molecule has 29 heavy (non-hydrogen) atoms. The molecular formula is C18H32IN9O. The fraction of sp³-hybridized carbons (Fsp3) is 0.722. The van der Waals surface area contributed by atoms with E-state index in [9.17, 15) is 0 Å². The Kier molecular flexibility index (Phi) is 9.27. The first kappa shape index (κ1) is 23.5. The molecule has 2 aromatic rings. The van der Waals surface area contributed by atoms with E-state index in [2.05, 4.69) is 30.9 Å². The number of fused-ring (bicyclic) bond motifs is 1. The number of nitrogens with one attached hydrogen (secondary N) is 2.